The molecule has 0 radical (unpaired) electrons. The zero-order valence-corrected chi connectivity index (χ0v) is 21.6. The molecule has 3 aromatic rings. The number of anilines is 1. The number of carbonyl (C=O) groups is 1. The summed E-state index contributed by atoms with van der Waals surface area (Å²) in [6.45, 7) is 2.70. The van der Waals surface area contributed by atoms with E-state index >= 15 is 0 Å². The van der Waals surface area contributed by atoms with Gasteiger partial charge in [-0.1, -0.05) is 30.3 Å². The second-order valence-electron chi connectivity index (χ2n) is 8.48. The van der Waals surface area contributed by atoms with E-state index in [2.05, 4.69) is 14.8 Å². The van der Waals surface area contributed by atoms with Gasteiger partial charge in [0, 0.05) is 44.0 Å². The van der Waals surface area contributed by atoms with Gasteiger partial charge in [-0.2, -0.15) is 13.4 Å². The van der Waals surface area contributed by atoms with Crippen LogP contribution in [0.2, 0.25) is 0 Å². The molecule has 1 saturated heterocycles. The van der Waals surface area contributed by atoms with Crippen molar-refractivity contribution in [2.45, 2.75) is 4.90 Å². The topological polar surface area (TPSA) is 122 Å². The summed E-state index contributed by atoms with van der Waals surface area (Å²) in [6.07, 6.45) is 1.71. The minimum atomic E-state index is -3.93. The number of nitro groups is 1. The van der Waals surface area contributed by atoms with Gasteiger partial charge in [0.1, 0.15) is 10.6 Å². The van der Waals surface area contributed by atoms with E-state index in [1.807, 2.05) is 0 Å². The molecule has 194 valence electrons. The summed E-state index contributed by atoms with van der Waals surface area (Å²) in [4.78, 5) is 31.9. The van der Waals surface area contributed by atoms with Crippen LogP contribution in [0.4, 0.5) is 11.4 Å². The van der Waals surface area contributed by atoms with E-state index in [1.165, 1.54) is 48.2 Å². The lowest BCUT2D eigenvalue weighted by molar-refractivity contribution is -0.384. The van der Waals surface area contributed by atoms with E-state index in [0.29, 0.717) is 41.8 Å². The number of nitrogens with zero attached hydrogens (tertiary/aromatic N) is 4. The number of carbonyl (C=O) groups excluding carboxylic acids is 1. The van der Waals surface area contributed by atoms with Crippen LogP contribution >= 0.6 is 11.8 Å². The third-order valence-electron chi connectivity index (χ3n) is 6.00. The third-order valence-corrected chi connectivity index (χ3v) is 8.31. The SMILES string of the molecule is O=C1N=C(N2CCN(c3ccc([N+](=O)[O-])cc3)CC2)SC1=Cc1ccc(OS(=O)(=O)c2ccccc2)cc1. The number of hydrogen-bond donors (Lipinski definition) is 0. The van der Waals surface area contributed by atoms with Gasteiger partial charge in [0.15, 0.2) is 5.17 Å². The Balaban J connectivity index is 1.18. The number of amidine groups is 1. The largest absolute Gasteiger partial charge is 0.379 e. The number of piperazine rings is 1. The van der Waals surface area contributed by atoms with E-state index in [-0.39, 0.29) is 22.2 Å². The van der Waals surface area contributed by atoms with Gasteiger partial charge < -0.3 is 14.0 Å². The Hall–Kier alpha value is -4.16. The van der Waals surface area contributed by atoms with Gasteiger partial charge >= 0.3 is 10.1 Å². The molecule has 1 fully saturated rings. The lowest BCUT2D eigenvalue weighted by Gasteiger charge is -2.36. The molecule has 2 aliphatic heterocycles. The molecule has 0 atom stereocenters. The summed E-state index contributed by atoms with van der Waals surface area (Å²) in [5.74, 6) is -0.154. The second kappa shape index (κ2) is 10.7. The average Bonchev–Trinajstić information content (AvgIpc) is 3.30. The fraction of sp³-hybridized carbons (Fsp3) is 0.154. The molecule has 12 heteroatoms. The first-order valence-corrected chi connectivity index (χ1v) is 13.9. The summed E-state index contributed by atoms with van der Waals surface area (Å²) < 4.78 is 30.0. The Morgan fingerprint density at radius 3 is 2.16 bits per heavy atom. The van der Waals surface area contributed by atoms with Gasteiger partial charge in [-0.15, -0.1) is 0 Å². The Kier molecular flexibility index (Phi) is 7.16. The van der Waals surface area contributed by atoms with Crippen LogP contribution in [-0.4, -0.2) is 55.5 Å². The fourth-order valence-electron chi connectivity index (χ4n) is 4.01. The molecule has 2 heterocycles. The van der Waals surface area contributed by atoms with Crippen LogP contribution < -0.4 is 9.08 Å². The molecule has 0 unspecified atom stereocenters. The van der Waals surface area contributed by atoms with Gasteiger partial charge in [0.2, 0.25) is 0 Å². The Labute approximate surface area is 223 Å². The van der Waals surface area contributed by atoms with Gasteiger partial charge in [0.05, 0.1) is 9.83 Å². The monoisotopic (exact) mass is 550 g/mol. The minimum Gasteiger partial charge on any atom is -0.379 e. The smallest absolute Gasteiger partial charge is 0.339 e. The average molecular weight is 551 g/mol. The third kappa shape index (κ3) is 5.71. The number of amides is 1. The van der Waals surface area contributed by atoms with Gasteiger partial charge in [0.25, 0.3) is 11.6 Å². The molecular formula is C26H22N4O6S2. The maximum atomic E-state index is 12.5. The molecule has 3 aromatic carbocycles. The van der Waals surface area contributed by atoms with E-state index in [9.17, 15) is 23.3 Å². The first kappa shape index (κ1) is 25.5. The van der Waals surface area contributed by atoms with Crippen molar-refractivity contribution in [3.8, 4) is 5.75 Å². The maximum absolute atomic E-state index is 12.5. The molecule has 1 amide bonds. The summed E-state index contributed by atoms with van der Waals surface area (Å²) in [5.41, 5.74) is 1.68. The van der Waals surface area contributed by atoms with Crippen LogP contribution in [0.25, 0.3) is 6.08 Å². The lowest BCUT2D eigenvalue weighted by atomic mass is 10.2. The zero-order chi connectivity index (χ0) is 26.7. The van der Waals surface area contributed by atoms with Crippen molar-refractivity contribution in [1.29, 1.82) is 0 Å². The molecular weight excluding hydrogens is 528 g/mol. The number of aliphatic imine (C=N–C) groups is 1. The number of nitro benzene ring substituents is 1. The Bertz CT molecular complexity index is 1510. The van der Waals surface area contributed by atoms with Crippen molar-refractivity contribution in [1.82, 2.24) is 4.90 Å². The molecule has 2 aliphatic rings. The molecule has 0 aromatic heterocycles. The van der Waals surface area contributed by atoms with Crippen LogP contribution in [-0.2, 0) is 14.9 Å². The van der Waals surface area contributed by atoms with Gasteiger partial charge in [-0.3, -0.25) is 14.9 Å². The van der Waals surface area contributed by atoms with Crippen molar-refractivity contribution in [3.63, 3.8) is 0 Å². The highest BCUT2D eigenvalue weighted by atomic mass is 32.2. The van der Waals surface area contributed by atoms with Gasteiger partial charge in [-0.05, 0) is 59.8 Å². The van der Waals surface area contributed by atoms with Crippen LogP contribution in [0.1, 0.15) is 5.56 Å². The highest BCUT2D eigenvalue weighted by Gasteiger charge is 2.28. The van der Waals surface area contributed by atoms with Crippen molar-refractivity contribution in [2.75, 3.05) is 31.1 Å². The summed E-state index contributed by atoms with van der Waals surface area (Å²) in [6, 6.07) is 20.8. The van der Waals surface area contributed by atoms with E-state index in [0.717, 1.165) is 5.69 Å². The van der Waals surface area contributed by atoms with Crippen molar-refractivity contribution in [2.24, 2.45) is 4.99 Å². The van der Waals surface area contributed by atoms with E-state index < -0.39 is 15.0 Å². The summed E-state index contributed by atoms with van der Waals surface area (Å²) >= 11 is 1.30. The number of rotatable bonds is 6. The van der Waals surface area contributed by atoms with Gasteiger partial charge in [-0.25, -0.2) is 0 Å². The fourth-order valence-corrected chi connectivity index (χ4v) is 5.92. The molecule has 0 bridgehead atoms. The van der Waals surface area contributed by atoms with Crippen molar-refractivity contribution in [3.05, 3.63) is 99.4 Å². The van der Waals surface area contributed by atoms with E-state index in [1.54, 1.807) is 48.5 Å². The number of benzene rings is 3. The number of thioether (sulfide) groups is 1. The van der Waals surface area contributed by atoms with Crippen LogP contribution in [0.15, 0.2) is 93.7 Å². The zero-order valence-electron chi connectivity index (χ0n) is 20.0. The first-order chi connectivity index (χ1) is 18.3. The van der Waals surface area contributed by atoms with Crippen molar-refractivity contribution >= 4 is 50.4 Å². The number of non-ortho nitro benzene ring substituents is 1. The quantitative estimate of drug-likeness (QED) is 0.193. The summed E-state index contributed by atoms with van der Waals surface area (Å²) in [5, 5.41) is 11.5. The van der Waals surface area contributed by atoms with E-state index in [4.69, 9.17) is 4.18 Å². The molecule has 0 spiro atoms. The Morgan fingerprint density at radius 1 is 0.895 bits per heavy atom. The first-order valence-electron chi connectivity index (χ1n) is 11.6. The van der Waals surface area contributed by atoms with Crippen LogP contribution in [0, 0.1) is 10.1 Å². The molecule has 5 rings (SSSR count). The van der Waals surface area contributed by atoms with Crippen molar-refractivity contribution < 1.29 is 22.3 Å². The predicted molar refractivity (Wildman–Crippen MR) is 146 cm³/mol. The highest BCUT2D eigenvalue weighted by Crippen LogP contribution is 2.32. The minimum absolute atomic E-state index is 0.0568. The molecule has 38 heavy (non-hydrogen) atoms. The summed E-state index contributed by atoms with van der Waals surface area (Å²) in [7, 11) is -3.93. The lowest BCUT2D eigenvalue weighted by Crippen LogP contribution is -2.47. The second-order valence-corrected chi connectivity index (χ2v) is 11.0. The Morgan fingerprint density at radius 2 is 1.53 bits per heavy atom. The molecule has 10 nitrogen and oxygen atoms in total. The maximum Gasteiger partial charge on any atom is 0.339 e. The predicted octanol–water partition coefficient (Wildman–Crippen LogP) is 4.16. The standard InChI is InChI=1S/C26H22N4O6S2/c31-25-24(18-19-6-12-22(13-7-19)36-38(34,35)23-4-2-1-3-5-23)37-26(27-25)29-16-14-28(15-17-29)20-8-10-21(11-9-20)30(32)33/h1-13,18H,14-17H2. The normalized spacial score (nSPS) is 17.0. The van der Waals surface area contributed by atoms with Crippen LogP contribution in [0.3, 0.4) is 0 Å². The van der Waals surface area contributed by atoms with Crippen LogP contribution in [0.5, 0.6) is 5.75 Å². The number of hydrogen-bond acceptors (Lipinski definition) is 9. The molecule has 0 N–H and O–H groups in total. The molecule has 0 aliphatic carbocycles. The highest BCUT2D eigenvalue weighted by molar-refractivity contribution is 8.18. The molecule has 0 saturated carbocycles.